The number of fused-ring (bicyclic) bond motifs is 2. The summed E-state index contributed by atoms with van der Waals surface area (Å²) < 4.78 is 1.63. The highest BCUT2D eigenvalue weighted by Crippen LogP contribution is 2.22. The zero-order valence-electron chi connectivity index (χ0n) is 15.7. The summed E-state index contributed by atoms with van der Waals surface area (Å²) in [4.78, 5) is 29.8. The minimum Gasteiger partial charge on any atom is -0.322 e. The molecule has 140 valence electrons. The highest BCUT2D eigenvalue weighted by molar-refractivity contribution is 6.06. The standard InChI is InChI=1S/C21H24N4O2/c1-3-25-19-12-15(7-9-18(19)23-21(25)27)20(26)22-17-8-6-14-5-4-10-24(2)13-16(14)11-17/h6-9,11-12H,3-5,10,13H2,1-2H3,(H,22,26)(H,23,27). The van der Waals surface area contributed by atoms with E-state index in [9.17, 15) is 9.59 Å². The summed E-state index contributed by atoms with van der Waals surface area (Å²) in [6, 6.07) is 11.5. The lowest BCUT2D eigenvalue weighted by Gasteiger charge is -2.14. The molecule has 6 nitrogen and oxygen atoms in total. The summed E-state index contributed by atoms with van der Waals surface area (Å²) in [5.74, 6) is -0.171. The van der Waals surface area contributed by atoms with Gasteiger partial charge in [0.2, 0.25) is 0 Å². The fourth-order valence-electron chi connectivity index (χ4n) is 3.82. The van der Waals surface area contributed by atoms with Crippen molar-refractivity contribution in [2.45, 2.75) is 32.9 Å². The van der Waals surface area contributed by atoms with E-state index in [0.717, 1.165) is 42.7 Å². The highest BCUT2D eigenvalue weighted by Gasteiger charge is 2.14. The molecule has 1 aliphatic rings. The van der Waals surface area contributed by atoms with Crippen LogP contribution in [0.5, 0.6) is 0 Å². The molecule has 1 amide bonds. The molecule has 1 aromatic heterocycles. The topological polar surface area (TPSA) is 70.1 Å². The van der Waals surface area contributed by atoms with Crippen molar-refractivity contribution in [1.82, 2.24) is 14.5 Å². The Bertz CT molecular complexity index is 1060. The number of rotatable bonds is 3. The Morgan fingerprint density at radius 1 is 1.19 bits per heavy atom. The third kappa shape index (κ3) is 3.40. The number of H-pyrrole nitrogens is 1. The lowest BCUT2D eigenvalue weighted by atomic mass is 10.0. The van der Waals surface area contributed by atoms with Crippen LogP contribution in [0.2, 0.25) is 0 Å². The molecule has 4 rings (SSSR count). The monoisotopic (exact) mass is 364 g/mol. The predicted octanol–water partition coefficient (Wildman–Crippen LogP) is 2.98. The van der Waals surface area contributed by atoms with Gasteiger partial charge in [-0.1, -0.05) is 6.07 Å². The van der Waals surface area contributed by atoms with Gasteiger partial charge >= 0.3 is 5.69 Å². The quantitative estimate of drug-likeness (QED) is 0.751. The Balaban J connectivity index is 1.61. The number of carbonyl (C=O) groups excluding carboxylic acids is 1. The fraction of sp³-hybridized carbons (Fsp3) is 0.333. The summed E-state index contributed by atoms with van der Waals surface area (Å²) in [6.45, 7) is 4.46. The second-order valence-electron chi connectivity index (χ2n) is 7.19. The number of hydrogen-bond donors (Lipinski definition) is 2. The number of hydrogen-bond acceptors (Lipinski definition) is 3. The average molecular weight is 364 g/mol. The molecule has 2 heterocycles. The van der Waals surface area contributed by atoms with Gasteiger partial charge in [-0.3, -0.25) is 9.36 Å². The van der Waals surface area contributed by atoms with Gasteiger partial charge in [-0.15, -0.1) is 0 Å². The molecular formula is C21H24N4O2. The minimum absolute atomic E-state index is 0.153. The third-order valence-electron chi connectivity index (χ3n) is 5.24. The number of amides is 1. The number of carbonyl (C=O) groups is 1. The first-order valence-corrected chi connectivity index (χ1v) is 9.39. The lowest BCUT2D eigenvalue weighted by molar-refractivity contribution is 0.102. The zero-order chi connectivity index (χ0) is 19.0. The Kier molecular flexibility index (Phi) is 4.58. The molecule has 6 heteroatoms. The van der Waals surface area contributed by atoms with Crippen molar-refractivity contribution in [1.29, 1.82) is 0 Å². The van der Waals surface area contributed by atoms with E-state index in [1.54, 1.807) is 22.8 Å². The van der Waals surface area contributed by atoms with E-state index in [4.69, 9.17) is 0 Å². The average Bonchev–Trinajstić information content (AvgIpc) is 2.84. The molecule has 0 bridgehead atoms. The van der Waals surface area contributed by atoms with Crippen LogP contribution in [-0.4, -0.2) is 34.0 Å². The van der Waals surface area contributed by atoms with E-state index in [-0.39, 0.29) is 11.6 Å². The summed E-state index contributed by atoms with van der Waals surface area (Å²) in [5.41, 5.74) is 5.31. The van der Waals surface area contributed by atoms with Crippen molar-refractivity contribution in [3.8, 4) is 0 Å². The minimum atomic E-state index is -0.171. The smallest absolute Gasteiger partial charge is 0.322 e. The van der Waals surface area contributed by atoms with E-state index >= 15 is 0 Å². The van der Waals surface area contributed by atoms with Gasteiger partial charge in [0.25, 0.3) is 5.91 Å². The second-order valence-corrected chi connectivity index (χ2v) is 7.19. The van der Waals surface area contributed by atoms with Crippen LogP contribution in [0.4, 0.5) is 5.69 Å². The first-order valence-electron chi connectivity index (χ1n) is 9.39. The number of aromatic nitrogens is 2. The number of nitrogens with zero attached hydrogens (tertiary/aromatic N) is 2. The molecule has 0 spiro atoms. The van der Waals surface area contributed by atoms with Crippen LogP contribution in [0.15, 0.2) is 41.2 Å². The normalized spacial score (nSPS) is 14.7. The van der Waals surface area contributed by atoms with Gasteiger partial charge in [-0.2, -0.15) is 0 Å². The highest BCUT2D eigenvalue weighted by atomic mass is 16.2. The molecule has 0 fully saturated rings. The summed E-state index contributed by atoms with van der Waals surface area (Å²) in [5, 5.41) is 3.00. The van der Waals surface area contributed by atoms with Gasteiger partial charge in [0.05, 0.1) is 11.0 Å². The van der Waals surface area contributed by atoms with Crippen LogP contribution in [-0.2, 0) is 19.5 Å². The van der Waals surface area contributed by atoms with Crippen LogP contribution in [0.1, 0.15) is 34.8 Å². The molecular weight excluding hydrogens is 340 g/mol. The van der Waals surface area contributed by atoms with Crippen molar-refractivity contribution >= 4 is 22.6 Å². The Labute approximate surface area is 157 Å². The molecule has 3 aromatic rings. The van der Waals surface area contributed by atoms with Gasteiger partial charge < -0.3 is 15.2 Å². The maximum absolute atomic E-state index is 12.7. The first kappa shape index (κ1) is 17.5. The van der Waals surface area contributed by atoms with Crippen LogP contribution in [0.3, 0.4) is 0 Å². The van der Waals surface area contributed by atoms with Crippen molar-refractivity contribution in [2.24, 2.45) is 0 Å². The lowest BCUT2D eigenvalue weighted by Crippen LogP contribution is -2.17. The molecule has 1 aliphatic heterocycles. The largest absolute Gasteiger partial charge is 0.326 e. The van der Waals surface area contributed by atoms with Crippen LogP contribution >= 0.6 is 0 Å². The zero-order valence-corrected chi connectivity index (χ0v) is 15.7. The molecule has 0 atom stereocenters. The van der Waals surface area contributed by atoms with Crippen molar-refractivity contribution < 1.29 is 4.79 Å². The van der Waals surface area contributed by atoms with Gasteiger partial charge in [0, 0.05) is 24.3 Å². The van der Waals surface area contributed by atoms with E-state index in [1.165, 1.54) is 11.1 Å². The van der Waals surface area contributed by atoms with E-state index in [0.29, 0.717) is 12.1 Å². The first-order chi connectivity index (χ1) is 13.0. The Hall–Kier alpha value is -2.86. The molecule has 0 saturated heterocycles. The number of aromatic amines is 1. The van der Waals surface area contributed by atoms with Crippen molar-refractivity contribution in [3.05, 3.63) is 63.6 Å². The Morgan fingerprint density at radius 2 is 2.04 bits per heavy atom. The molecule has 0 radical (unpaired) electrons. The number of nitrogens with one attached hydrogen (secondary N) is 2. The van der Waals surface area contributed by atoms with Crippen molar-refractivity contribution in [2.75, 3.05) is 18.9 Å². The number of aryl methyl sites for hydroxylation is 2. The maximum Gasteiger partial charge on any atom is 0.326 e. The van der Waals surface area contributed by atoms with Crippen molar-refractivity contribution in [3.63, 3.8) is 0 Å². The van der Waals surface area contributed by atoms with E-state index in [2.05, 4.69) is 34.4 Å². The summed E-state index contributed by atoms with van der Waals surface area (Å²) in [7, 11) is 2.12. The predicted molar refractivity (Wildman–Crippen MR) is 107 cm³/mol. The molecule has 27 heavy (non-hydrogen) atoms. The van der Waals surface area contributed by atoms with Gasteiger partial charge in [0.1, 0.15) is 0 Å². The fourth-order valence-corrected chi connectivity index (χ4v) is 3.82. The molecule has 0 saturated carbocycles. The van der Waals surface area contributed by atoms with E-state index < -0.39 is 0 Å². The van der Waals surface area contributed by atoms with Crippen LogP contribution < -0.4 is 11.0 Å². The molecule has 2 N–H and O–H groups in total. The second kappa shape index (κ2) is 7.04. The SMILES string of the molecule is CCn1c(=O)[nH]c2ccc(C(=O)Nc3ccc4c(c3)CN(C)CCC4)cc21. The van der Waals surface area contributed by atoms with Crippen LogP contribution in [0, 0.1) is 0 Å². The Morgan fingerprint density at radius 3 is 2.85 bits per heavy atom. The maximum atomic E-state index is 12.7. The van der Waals surface area contributed by atoms with Gasteiger partial charge in [-0.05, 0) is 74.8 Å². The summed E-state index contributed by atoms with van der Waals surface area (Å²) >= 11 is 0. The van der Waals surface area contributed by atoms with Crippen LogP contribution in [0.25, 0.3) is 11.0 Å². The summed E-state index contributed by atoms with van der Waals surface area (Å²) in [6.07, 6.45) is 2.23. The van der Waals surface area contributed by atoms with Gasteiger partial charge in [0.15, 0.2) is 0 Å². The third-order valence-corrected chi connectivity index (χ3v) is 5.24. The molecule has 0 unspecified atom stereocenters. The number of anilines is 1. The number of imidazole rings is 1. The molecule has 2 aromatic carbocycles. The number of benzene rings is 2. The van der Waals surface area contributed by atoms with E-state index in [1.807, 2.05) is 13.0 Å². The molecule has 0 aliphatic carbocycles. The van der Waals surface area contributed by atoms with Gasteiger partial charge in [-0.25, -0.2) is 4.79 Å².